The van der Waals surface area contributed by atoms with E-state index < -0.39 is 0 Å². The average Bonchev–Trinajstić information content (AvgIpc) is 2.50. The summed E-state index contributed by atoms with van der Waals surface area (Å²) >= 11 is 0. The second-order valence-corrected chi connectivity index (χ2v) is 4.04. The third kappa shape index (κ3) is 6.85. The number of ether oxygens (including phenoxy) is 3. The summed E-state index contributed by atoms with van der Waals surface area (Å²) in [6, 6.07) is 5.61. The van der Waals surface area contributed by atoms with Crippen molar-refractivity contribution in [1.82, 2.24) is 5.32 Å². The highest BCUT2D eigenvalue weighted by Gasteiger charge is 2.05. The first-order chi connectivity index (χ1) is 9.74. The van der Waals surface area contributed by atoms with Gasteiger partial charge < -0.3 is 24.8 Å². The SMILES string of the molecule is CN=C(NCCCOC)Nc1ccc(OC)c(OC)c1.I. The molecule has 0 aliphatic rings. The highest BCUT2D eigenvalue weighted by Crippen LogP contribution is 2.29. The van der Waals surface area contributed by atoms with Crippen LogP contribution in [-0.4, -0.2) is 47.5 Å². The van der Waals surface area contributed by atoms with Gasteiger partial charge >= 0.3 is 0 Å². The van der Waals surface area contributed by atoms with Crippen molar-refractivity contribution in [2.45, 2.75) is 6.42 Å². The van der Waals surface area contributed by atoms with Crippen molar-refractivity contribution in [3.05, 3.63) is 18.2 Å². The topological polar surface area (TPSA) is 64.1 Å². The molecule has 0 amide bonds. The third-order valence-electron chi connectivity index (χ3n) is 2.69. The summed E-state index contributed by atoms with van der Waals surface area (Å²) in [6.45, 7) is 1.52. The van der Waals surface area contributed by atoms with Crippen LogP contribution in [0.25, 0.3) is 0 Å². The Morgan fingerprint density at radius 1 is 1.14 bits per heavy atom. The van der Waals surface area contributed by atoms with Crippen molar-refractivity contribution in [2.24, 2.45) is 4.99 Å². The van der Waals surface area contributed by atoms with Crippen LogP contribution in [0, 0.1) is 0 Å². The fraction of sp³-hybridized carbons (Fsp3) is 0.500. The molecule has 0 aromatic heterocycles. The molecule has 0 heterocycles. The Labute approximate surface area is 143 Å². The van der Waals surface area contributed by atoms with Gasteiger partial charge in [0.05, 0.1) is 14.2 Å². The Bertz CT molecular complexity index is 441. The molecule has 0 atom stereocenters. The Balaban J connectivity index is 0.00000400. The maximum Gasteiger partial charge on any atom is 0.195 e. The van der Waals surface area contributed by atoms with Gasteiger partial charge in [0.15, 0.2) is 17.5 Å². The maximum atomic E-state index is 5.26. The second-order valence-electron chi connectivity index (χ2n) is 4.04. The molecule has 0 saturated carbocycles. The van der Waals surface area contributed by atoms with E-state index in [4.69, 9.17) is 14.2 Å². The first-order valence-electron chi connectivity index (χ1n) is 6.43. The van der Waals surface area contributed by atoms with Crippen molar-refractivity contribution < 1.29 is 14.2 Å². The van der Waals surface area contributed by atoms with E-state index in [1.165, 1.54) is 0 Å². The van der Waals surface area contributed by atoms with Gasteiger partial charge in [-0.2, -0.15) is 0 Å². The number of anilines is 1. The summed E-state index contributed by atoms with van der Waals surface area (Å²) in [7, 11) is 6.64. The number of methoxy groups -OCH3 is 3. The van der Waals surface area contributed by atoms with Gasteiger partial charge in [-0.1, -0.05) is 0 Å². The number of rotatable bonds is 7. The maximum absolute atomic E-state index is 5.26. The molecule has 120 valence electrons. The summed E-state index contributed by atoms with van der Waals surface area (Å²) in [5, 5.41) is 6.40. The normalized spacial score (nSPS) is 10.6. The first-order valence-corrected chi connectivity index (χ1v) is 6.43. The van der Waals surface area contributed by atoms with Crippen LogP contribution in [0.2, 0.25) is 0 Å². The summed E-state index contributed by atoms with van der Waals surface area (Å²) in [4.78, 5) is 4.16. The van der Waals surface area contributed by atoms with Crippen LogP contribution in [0.15, 0.2) is 23.2 Å². The van der Waals surface area contributed by atoms with Crippen molar-refractivity contribution in [3.63, 3.8) is 0 Å². The van der Waals surface area contributed by atoms with Crippen LogP contribution >= 0.6 is 24.0 Å². The smallest absolute Gasteiger partial charge is 0.195 e. The zero-order valence-corrected chi connectivity index (χ0v) is 15.3. The van der Waals surface area contributed by atoms with E-state index in [0.29, 0.717) is 17.5 Å². The zero-order valence-electron chi connectivity index (χ0n) is 12.9. The molecule has 1 rings (SSSR count). The molecular weight excluding hydrogens is 385 g/mol. The van der Waals surface area contributed by atoms with Gasteiger partial charge in [0.1, 0.15) is 0 Å². The summed E-state index contributed by atoms with van der Waals surface area (Å²) < 4.78 is 15.5. The summed E-state index contributed by atoms with van der Waals surface area (Å²) in [6.07, 6.45) is 0.920. The summed E-state index contributed by atoms with van der Waals surface area (Å²) in [5.74, 6) is 2.07. The zero-order chi connectivity index (χ0) is 14.8. The molecule has 0 aliphatic carbocycles. The second kappa shape index (κ2) is 11.4. The molecule has 0 bridgehead atoms. The van der Waals surface area contributed by atoms with Gasteiger partial charge in [0.2, 0.25) is 0 Å². The average molecular weight is 409 g/mol. The molecular formula is C14H24IN3O3. The van der Waals surface area contributed by atoms with Crippen molar-refractivity contribution >= 4 is 35.6 Å². The van der Waals surface area contributed by atoms with Gasteiger partial charge in [0, 0.05) is 39.1 Å². The molecule has 0 saturated heterocycles. The lowest BCUT2D eigenvalue weighted by molar-refractivity contribution is 0.195. The molecule has 6 nitrogen and oxygen atoms in total. The lowest BCUT2D eigenvalue weighted by atomic mass is 10.3. The van der Waals surface area contributed by atoms with Crippen LogP contribution < -0.4 is 20.1 Å². The number of halogens is 1. The minimum absolute atomic E-state index is 0. The van der Waals surface area contributed by atoms with Gasteiger partial charge in [0.25, 0.3) is 0 Å². The van der Waals surface area contributed by atoms with Crippen LogP contribution in [0.4, 0.5) is 5.69 Å². The van der Waals surface area contributed by atoms with E-state index in [1.54, 1.807) is 28.4 Å². The molecule has 0 radical (unpaired) electrons. The van der Waals surface area contributed by atoms with Gasteiger partial charge in [-0.05, 0) is 18.6 Å². The third-order valence-corrected chi connectivity index (χ3v) is 2.69. The number of hydrogen-bond donors (Lipinski definition) is 2. The molecule has 1 aromatic carbocycles. The van der Waals surface area contributed by atoms with E-state index in [0.717, 1.165) is 25.3 Å². The summed E-state index contributed by atoms with van der Waals surface area (Å²) in [5.41, 5.74) is 0.877. The first kappa shape index (κ1) is 19.8. The fourth-order valence-electron chi connectivity index (χ4n) is 1.65. The number of benzene rings is 1. The molecule has 0 fully saturated rings. The van der Waals surface area contributed by atoms with E-state index >= 15 is 0 Å². The molecule has 1 aromatic rings. The number of aliphatic imine (C=N–C) groups is 1. The Morgan fingerprint density at radius 3 is 2.43 bits per heavy atom. The van der Waals surface area contributed by atoms with E-state index in [1.807, 2.05) is 18.2 Å². The van der Waals surface area contributed by atoms with Gasteiger partial charge in [-0.25, -0.2) is 0 Å². The lowest BCUT2D eigenvalue weighted by Crippen LogP contribution is -2.31. The largest absolute Gasteiger partial charge is 0.493 e. The quantitative estimate of drug-likeness (QED) is 0.313. The number of nitrogens with one attached hydrogen (secondary N) is 2. The molecule has 21 heavy (non-hydrogen) atoms. The van der Waals surface area contributed by atoms with E-state index in [2.05, 4.69) is 15.6 Å². The lowest BCUT2D eigenvalue weighted by Gasteiger charge is -2.14. The molecule has 0 spiro atoms. The molecule has 0 aliphatic heterocycles. The van der Waals surface area contributed by atoms with Crippen molar-refractivity contribution in [2.75, 3.05) is 46.8 Å². The van der Waals surface area contributed by atoms with E-state index in [-0.39, 0.29) is 24.0 Å². The van der Waals surface area contributed by atoms with Crippen molar-refractivity contribution in [1.29, 1.82) is 0 Å². The Hall–Kier alpha value is -1.22. The van der Waals surface area contributed by atoms with Crippen molar-refractivity contribution in [3.8, 4) is 11.5 Å². The van der Waals surface area contributed by atoms with Crippen LogP contribution in [0.1, 0.15) is 6.42 Å². The number of guanidine groups is 1. The molecule has 7 heteroatoms. The Morgan fingerprint density at radius 2 is 1.86 bits per heavy atom. The minimum Gasteiger partial charge on any atom is -0.493 e. The number of nitrogens with zero attached hydrogens (tertiary/aromatic N) is 1. The fourth-order valence-corrected chi connectivity index (χ4v) is 1.65. The Kier molecular flexibility index (Phi) is 10.8. The minimum atomic E-state index is 0. The molecule has 2 N–H and O–H groups in total. The highest BCUT2D eigenvalue weighted by atomic mass is 127. The van der Waals surface area contributed by atoms with Gasteiger partial charge in [-0.3, -0.25) is 4.99 Å². The highest BCUT2D eigenvalue weighted by molar-refractivity contribution is 14.0. The predicted molar refractivity (Wildman–Crippen MR) is 96.4 cm³/mol. The van der Waals surface area contributed by atoms with Gasteiger partial charge in [-0.15, -0.1) is 24.0 Å². The standard InChI is InChI=1S/C14H23N3O3.HI/c1-15-14(16-8-5-9-18-2)17-11-6-7-12(19-3)13(10-11)20-4;/h6-7,10H,5,8-9H2,1-4H3,(H2,15,16,17);1H. The monoisotopic (exact) mass is 409 g/mol. The molecule has 0 unspecified atom stereocenters. The predicted octanol–water partition coefficient (Wildman–Crippen LogP) is 2.35. The van der Waals surface area contributed by atoms with Crippen LogP contribution in [0.3, 0.4) is 0 Å². The van der Waals surface area contributed by atoms with Crippen LogP contribution in [-0.2, 0) is 4.74 Å². The van der Waals surface area contributed by atoms with E-state index in [9.17, 15) is 0 Å². The number of hydrogen-bond acceptors (Lipinski definition) is 4. The van der Waals surface area contributed by atoms with Crippen LogP contribution in [0.5, 0.6) is 11.5 Å².